The van der Waals surface area contributed by atoms with Gasteiger partial charge in [-0.15, -0.1) is 4.72 Å². The maximum Gasteiger partial charge on any atom is 0.192 e. The van der Waals surface area contributed by atoms with Crippen LogP contribution in [0.3, 0.4) is 0 Å². The Kier molecular flexibility index (Phi) is 8.11. The van der Waals surface area contributed by atoms with Crippen molar-refractivity contribution >= 4 is 30.6 Å². The summed E-state index contributed by atoms with van der Waals surface area (Å²) in [7, 11) is -1.88. The fourth-order valence-electron chi connectivity index (χ4n) is 3.49. The molecule has 0 saturated heterocycles. The first kappa shape index (κ1) is 28.4. The lowest BCUT2D eigenvalue weighted by molar-refractivity contribution is 0.272. The summed E-state index contributed by atoms with van der Waals surface area (Å²) in [5.74, 6) is 1.33. The fraction of sp³-hybridized carbons (Fsp3) is 0.429. The Morgan fingerprint density at radius 1 is 1.03 bits per heavy atom. The third kappa shape index (κ3) is 6.49. The molecule has 0 fully saturated rings. The number of hydrogen-bond acceptors (Lipinski definition) is 7. The topological polar surface area (TPSA) is 101 Å². The Bertz CT molecular complexity index is 1410. The summed E-state index contributed by atoms with van der Waals surface area (Å²) in [6.45, 7) is 17.8. The van der Waals surface area contributed by atoms with Gasteiger partial charge in [0.25, 0.3) is 0 Å². The number of nitrogens with one attached hydrogen (secondary N) is 1. The average molecular weight is 551 g/mol. The van der Waals surface area contributed by atoms with E-state index in [1.165, 1.54) is 0 Å². The summed E-state index contributed by atoms with van der Waals surface area (Å²) in [5, 5.41) is 5.77. The number of fused-ring (bicyclic) bond motifs is 1. The Hall–Kier alpha value is -2.63. The van der Waals surface area contributed by atoms with Crippen molar-refractivity contribution in [1.82, 2.24) is 29.5 Å². The van der Waals surface area contributed by atoms with Crippen LogP contribution >= 0.6 is 0 Å². The van der Waals surface area contributed by atoms with Crippen molar-refractivity contribution in [1.29, 1.82) is 0 Å². The SMILES string of the molecule is CC(C)(C)[S@@+]([O-])NCc1nccc(-c2ccc3cnn(-c4cccc(CO[Si](C)(C)C(C)(C)C)n4)c3c2)n1. The van der Waals surface area contributed by atoms with Crippen LogP contribution in [0.4, 0.5) is 0 Å². The highest BCUT2D eigenvalue weighted by atomic mass is 32.2. The smallest absolute Gasteiger partial charge is 0.192 e. The molecule has 0 saturated carbocycles. The van der Waals surface area contributed by atoms with Crippen molar-refractivity contribution in [2.75, 3.05) is 0 Å². The first-order chi connectivity index (χ1) is 17.7. The van der Waals surface area contributed by atoms with Crippen LogP contribution in [-0.4, -0.2) is 42.3 Å². The summed E-state index contributed by atoms with van der Waals surface area (Å²) < 4.78 is 23.3. The van der Waals surface area contributed by atoms with E-state index in [2.05, 4.69) is 54.7 Å². The van der Waals surface area contributed by atoms with Crippen molar-refractivity contribution in [2.45, 2.75) is 77.6 Å². The second-order valence-corrected chi connectivity index (χ2v) is 18.8. The zero-order valence-electron chi connectivity index (χ0n) is 23.6. The number of benzene rings is 1. The molecule has 0 aliphatic rings. The Morgan fingerprint density at radius 3 is 2.50 bits per heavy atom. The van der Waals surface area contributed by atoms with Crippen molar-refractivity contribution in [3.63, 3.8) is 0 Å². The predicted octanol–water partition coefficient (Wildman–Crippen LogP) is 5.95. The summed E-state index contributed by atoms with van der Waals surface area (Å²) in [5.41, 5.74) is 3.55. The molecule has 0 radical (unpaired) electrons. The third-order valence-electron chi connectivity index (χ3n) is 6.89. The number of aromatic nitrogens is 5. The van der Waals surface area contributed by atoms with E-state index in [-0.39, 0.29) is 9.79 Å². The van der Waals surface area contributed by atoms with Crippen LogP contribution in [0, 0.1) is 0 Å². The Labute approximate surface area is 229 Å². The minimum atomic E-state index is -1.88. The van der Waals surface area contributed by atoms with E-state index in [1.807, 2.05) is 68.0 Å². The molecule has 3 aromatic heterocycles. The first-order valence-electron chi connectivity index (χ1n) is 12.8. The summed E-state index contributed by atoms with van der Waals surface area (Å²) >= 11 is -1.20. The van der Waals surface area contributed by atoms with Gasteiger partial charge in [0.1, 0.15) is 17.1 Å². The highest BCUT2D eigenvalue weighted by Gasteiger charge is 2.37. The summed E-state index contributed by atoms with van der Waals surface area (Å²) in [4.78, 5) is 13.9. The van der Waals surface area contributed by atoms with Crippen LogP contribution in [0.25, 0.3) is 28.0 Å². The summed E-state index contributed by atoms with van der Waals surface area (Å²) in [6.07, 6.45) is 3.57. The molecule has 0 aliphatic carbocycles. The largest absolute Gasteiger partial charge is 0.598 e. The van der Waals surface area contributed by atoms with Crippen molar-refractivity contribution in [2.24, 2.45) is 0 Å². The molecule has 0 bridgehead atoms. The first-order valence-corrected chi connectivity index (χ1v) is 16.9. The highest BCUT2D eigenvalue weighted by molar-refractivity contribution is 7.90. The lowest BCUT2D eigenvalue weighted by Crippen LogP contribution is -2.40. The number of nitrogens with zero attached hydrogens (tertiary/aromatic N) is 5. The monoisotopic (exact) mass is 550 g/mol. The van der Waals surface area contributed by atoms with Crippen molar-refractivity contribution in [3.05, 3.63) is 66.4 Å². The molecule has 1 aromatic carbocycles. The van der Waals surface area contributed by atoms with E-state index in [0.29, 0.717) is 19.0 Å². The van der Waals surface area contributed by atoms with E-state index >= 15 is 0 Å². The second kappa shape index (κ2) is 10.9. The van der Waals surface area contributed by atoms with Gasteiger partial charge in [-0.2, -0.15) is 5.10 Å². The van der Waals surface area contributed by atoms with Crippen LogP contribution in [-0.2, 0) is 28.9 Å². The molecule has 0 spiro atoms. The Balaban J connectivity index is 1.58. The van der Waals surface area contributed by atoms with E-state index in [1.54, 1.807) is 6.20 Å². The van der Waals surface area contributed by atoms with Crippen LogP contribution in [0.2, 0.25) is 18.1 Å². The van der Waals surface area contributed by atoms with Crippen LogP contribution in [0.5, 0.6) is 0 Å². The van der Waals surface area contributed by atoms with Gasteiger partial charge in [0.2, 0.25) is 0 Å². The van der Waals surface area contributed by atoms with Crippen molar-refractivity contribution in [3.8, 4) is 17.1 Å². The maximum atomic E-state index is 12.4. The lowest BCUT2D eigenvalue weighted by atomic mass is 10.1. The molecule has 3 heterocycles. The molecule has 1 N–H and O–H groups in total. The molecule has 4 rings (SSSR count). The standard InChI is InChI=1S/C28H38N6O2SSi/c1-27(2,3)37(35)31-18-25-29-15-14-23(33-25)20-12-13-21-17-30-34(24(21)16-20)26-11-9-10-22(32-26)19-36-38(7,8)28(4,5)6/h9-17,31H,18-19H2,1-8H3/t37-/m1/s1. The average Bonchev–Trinajstić information content (AvgIpc) is 3.28. The normalized spacial score (nSPS) is 13.7. The van der Waals surface area contributed by atoms with Crippen LogP contribution in [0.1, 0.15) is 53.1 Å². The molecule has 202 valence electrons. The Morgan fingerprint density at radius 2 is 1.79 bits per heavy atom. The third-order valence-corrected chi connectivity index (χ3v) is 12.9. The molecule has 8 nitrogen and oxygen atoms in total. The van der Waals surface area contributed by atoms with E-state index < -0.39 is 19.7 Å². The van der Waals surface area contributed by atoms with Gasteiger partial charge in [0, 0.05) is 28.5 Å². The van der Waals surface area contributed by atoms with Gasteiger partial charge in [-0.1, -0.05) is 39.0 Å². The minimum absolute atomic E-state index is 0.139. The van der Waals surface area contributed by atoms with Gasteiger partial charge < -0.3 is 8.98 Å². The fourth-order valence-corrected chi connectivity index (χ4v) is 5.12. The molecule has 38 heavy (non-hydrogen) atoms. The van der Waals surface area contributed by atoms with E-state index in [0.717, 1.165) is 33.7 Å². The lowest BCUT2D eigenvalue weighted by Gasteiger charge is -2.36. The van der Waals surface area contributed by atoms with Crippen LogP contribution < -0.4 is 4.72 Å². The predicted molar refractivity (Wildman–Crippen MR) is 157 cm³/mol. The zero-order valence-corrected chi connectivity index (χ0v) is 25.4. The number of pyridine rings is 1. The van der Waals surface area contributed by atoms with E-state index in [4.69, 9.17) is 14.4 Å². The molecule has 0 amide bonds. The number of hydrogen-bond donors (Lipinski definition) is 1. The van der Waals surface area contributed by atoms with E-state index in [9.17, 15) is 4.55 Å². The number of rotatable bonds is 8. The molecule has 0 aliphatic heterocycles. The zero-order chi connectivity index (χ0) is 27.7. The summed E-state index contributed by atoms with van der Waals surface area (Å²) in [6, 6.07) is 14.0. The van der Waals surface area contributed by atoms with Crippen molar-refractivity contribution < 1.29 is 8.98 Å². The molecule has 10 heteroatoms. The van der Waals surface area contributed by atoms with Gasteiger partial charge in [0.05, 0.1) is 29.7 Å². The molecule has 0 unspecified atom stereocenters. The minimum Gasteiger partial charge on any atom is -0.598 e. The maximum absolute atomic E-state index is 12.4. The van der Waals surface area contributed by atoms with Gasteiger partial charge in [0.15, 0.2) is 14.1 Å². The molecular weight excluding hydrogens is 513 g/mol. The quantitative estimate of drug-likeness (QED) is 0.214. The highest BCUT2D eigenvalue weighted by Crippen LogP contribution is 2.37. The van der Waals surface area contributed by atoms with Gasteiger partial charge in [-0.05, 0) is 63.2 Å². The van der Waals surface area contributed by atoms with Gasteiger partial charge >= 0.3 is 0 Å². The second-order valence-electron chi connectivity index (χ2n) is 11.9. The van der Waals surface area contributed by atoms with Gasteiger partial charge in [-0.25, -0.2) is 19.6 Å². The van der Waals surface area contributed by atoms with Crippen LogP contribution in [0.15, 0.2) is 54.9 Å². The molecule has 4 aromatic rings. The van der Waals surface area contributed by atoms with Gasteiger partial charge in [-0.3, -0.25) is 0 Å². The molecular formula is C28H38N6O2SSi. The molecule has 1 atom stereocenters.